The predicted octanol–water partition coefficient (Wildman–Crippen LogP) is 3.27. The molecular formula is C11H15FINO. The van der Waals surface area contributed by atoms with Crippen LogP contribution in [0.4, 0.5) is 10.1 Å². The number of anilines is 1. The summed E-state index contributed by atoms with van der Waals surface area (Å²) >= 11 is 2.11. The Balaban J connectivity index is 2.31. The SMILES string of the molecule is CCCOCCNc1ccc(F)cc1I. The fraction of sp³-hybridized carbons (Fsp3) is 0.455. The van der Waals surface area contributed by atoms with Crippen LogP contribution in [0.3, 0.4) is 0 Å². The van der Waals surface area contributed by atoms with Crippen molar-refractivity contribution in [3.63, 3.8) is 0 Å². The smallest absolute Gasteiger partial charge is 0.124 e. The minimum absolute atomic E-state index is 0.202. The molecule has 0 aliphatic heterocycles. The molecule has 1 aromatic rings. The molecule has 0 fully saturated rings. The zero-order valence-electron chi connectivity index (χ0n) is 8.72. The summed E-state index contributed by atoms with van der Waals surface area (Å²) in [6.45, 7) is 4.31. The fourth-order valence-electron chi connectivity index (χ4n) is 1.14. The third-order valence-electron chi connectivity index (χ3n) is 1.84. The van der Waals surface area contributed by atoms with Crippen LogP contribution in [0, 0.1) is 9.39 Å². The maximum absolute atomic E-state index is 12.8. The van der Waals surface area contributed by atoms with Gasteiger partial charge in [-0.2, -0.15) is 0 Å². The number of ether oxygens (including phenoxy) is 1. The van der Waals surface area contributed by atoms with Gasteiger partial charge in [-0.25, -0.2) is 4.39 Å². The molecule has 0 heterocycles. The number of rotatable bonds is 6. The third kappa shape index (κ3) is 4.79. The Kier molecular flexibility index (Phi) is 5.93. The molecule has 0 radical (unpaired) electrons. The molecule has 1 aromatic carbocycles. The van der Waals surface area contributed by atoms with Gasteiger partial charge in [0.15, 0.2) is 0 Å². The van der Waals surface area contributed by atoms with E-state index in [1.165, 1.54) is 12.1 Å². The highest BCUT2D eigenvalue weighted by molar-refractivity contribution is 14.1. The van der Waals surface area contributed by atoms with Crippen molar-refractivity contribution in [1.29, 1.82) is 0 Å². The van der Waals surface area contributed by atoms with Gasteiger partial charge >= 0.3 is 0 Å². The van der Waals surface area contributed by atoms with Gasteiger partial charge in [0.25, 0.3) is 0 Å². The summed E-state index contributed by atoms with van der Waals surface area (Å²) in [5.74, 6) is -0.202. The number of hydrogen-bond acceptors (Lipinski definition) is 2. The topological polar surface area (TPSA) is 21.3 Å². The second kappa shape index (κ2) is 7.00. The average molecular weight is 323 g/mol. The molecule has 0 amide bonds. The number of halogens is 2. The highest BCUT2D eigenvalue weighted by atomic mass is 127. The highest BCUT2D eigenvalue weighted by Gasteiger charge is 1.99. The molecule has 0 saturated heterocycles. The van der Waals surface area contributed by atoms with E-state index in [1.807, 2.05) is 0 Å². The van der Waals surface area contributed by atoms with Crippen molar-refractivity contribution in [3.05, 3.63) is 27.6 Å². The van der Waals surface area contributed by atoms with Crippen LogP contribution in [0.2, 0.25) is 0 Å². The van der Waals surface area contributed by atoms with Crippen molar-refractivity contribution in [3.8, 4) is 0 Å². The van der Waals surface area contributed by atoms with E-state index in [4.69, 9.17) is 4.74 Å². The average Bonchev–Trinajstić information content (AvgIpc) is 2.20. The van der Waals surface area contributed by atoms with Gasteiger partial charge in [-0.15, -0.1) is 0 Å². The first-order valence-electron chi connectivity index (χ1n) is 5.00. The standard InChI is InChI=1S/C11H15FINO/c1-2-6-15-7-5-14-11-4-3-9(12)8-10(11)13/h3-4,8,14H,2,5-7H2,1H3. The quantitative estimate of drug-likeness (QED) is 0.641. The van der Waals surface area contributed by atoms with Crippen molar-refractivity contribution in [1.82, 2.24) is 0 Å². The largest absolute Gasteiger partial charge is 0.382 e. The van der Waals surface area contributed by atoms with Crippen molar-refractivity contribution >= 4 is 28.3 Å². The summed E-state index contributed by atoms with van der Waals surface area (Å²) in [5, 5.41) is 3.20. The summed E-state index contributed by atoms with van der Waals surface area (Å²) in [6.07, 6.45) is 1.04. The molecule has 0 aliphatic carbocycles. The summed E-state index contributed by atoms with van der Waals surface area (Å²) in [7, 11) is 0. The van der Waals surface area contributed by atoms with Gasteiger partial charge in [0.05, 0.1) is 6.61 Å². The maximum Gasteiger partial charge on any atom is 0.124 e. The van der Waals surface area contributed by atoms with Crippen LogP contribution < -0.4 is 5.32 Å². The highest BCUT2D eigenvalue weighted by Crippen LogP contribution is 2.18. The van der Waals surface area contributed by atoms with E-state index in [0.717, 1.165) is 28.8 Å². The Morgan fingerprint density at radius 3 is 2.87 bits per heavy atom. The fourth-order valence-corrected chi connectivity index (χ4v) is 1.81. The monoisotopic (exact) mass is 323 g/mol. The van der Waals surface area contributed by atoms with Gasteiger partial charge < -0.3 is 10.1 Å². The molecule has 1 N–H and O–H groups in total. The van der Waals surface area contributed by atoms with E-state index in [2.05, 4.69) is 34.8 Å². The molecule has 84 valence electrons. The van der Waals surface area contributed by atoms with Crippen LogP contribution in [0.25, 0.3) is 0 Å². The van der Waals surface area contributed by atoms with Gasteiger partial charge in [0.2, 0.25) is 0 Å². The lowest BCUT2D eigenvalue weighted by molar-refractivity contribution is 0.144. The second-order valence-electron chi connectivity index (χ2n) is 3.16. The Labute approximate surface area is 103 Å². The normalized spacial score (nSPS) is 10.3. The molecular weight excluding hydrogens is 308 g/mol. The van der Waals surface area contributed by atoms with Crippen molar-refractivity contribution in [2.45, 2.75) is 13.3 Å². The molecule has 1 rings (SSSR count). The maximum atomic E-state index is 12.8. The van der Waals surface area contributed by atoms with Gasteiger partial charge in [-0.1, -0.05) is 6.92 Å². The Bertz CT molecular complexity index is 307. The van der Waals surface area contributed by atoms with E-state index in [1.54, 1.807) is 6.07 Å². The predicted molar refractivity (Wildman–Crippen MR) is 68.7 cm³/mol. The summed E-state index contributed by atoms with van der Waals surface area (Å²) < 4.78 is 19.0. The van der Waals surface area contributed by atoms with Crippen LogP contribution in [0.15, 0.2) is 18.2 Å². The molecule has 0 saturated carbocycles. The number of nitrogens with one attached hydrogen (secondary N) is 1. The molecule has 2 nitrogen and oxygen atoms in total. The number of benzene rings is 1. The van der Waals surface area contributed by atoms with E-state index >= 15 is 0 Å². The Hall–Kier alpha value is -0.360. The lowest BCUT2D eigenvalue weighted by Crippen LogP contribution is -2.10. The first-order valence-corrected chi connectivity index (χ1v) is 6.08. The third-order valence-corrected chi connectivity index (χ3v) is 2.73. The lowest BCUT2D eigenvalue weighted by Gasteiger charge is -2.08. The number of hydrogen-bond donors (Lipinski definition) is 1. The molecule has 0 bridgehead atoms. The first-order chi connectivity index (χ1) is 7.24. The Morgan fingerprint density at radius 2 is 2.20 bits per heavy atom. The molecule has 0 aromatic heterocycles. The minimum atomic E-state index is -0.202. The van der Waals surface area contributed by atoms with Crippen molar-refractivity contribution in [2.75, 3.05) is 25.1 Å². The van der Waals surface area contributed by atoms with E-state index in [9.17, 15) is 4.39 Å². The molecule has 0 aliphatic rings. The van der Waals surface area contributed by atoms with Gasteiger partial charge in [0.1, 0.15) is 5.82 Å². The summed E-state index contributed by atoms with van der Waals surface area (Å²) in [4.78, 5) is 0. The zero-order chi connectivity index (χ0) is 11.1. The molecule has 15 heavy (non-hydrogen) atoms. The first kappa shape index (κ1) is 12.7. The van der Waals surface area contributed by atoms with Crippen LogP contribution in [0.1, 0.15) is 13.3 Å². The molecule has 0 unspecified atom stereocenters. The lowest BCUT2D eigenvalue weighted by atomic mass is 10.3. The summed E-state index contributed by atoms with van der Waals surface area (Å²) in [6, 6.07) is 4.71. The zero-order valence-corrected chi connectivity index (χ0v) is 10.9. The molecule has 4 heteroatoms. The van der Waals surface area contributed by atoms with E-state index < -0.39 is 0 Å². The van der Waals surface area contributed by atoms with Crippen molar-refractivity contribution in [2.24, 2.45) is 0 Å². The van der Waals surface area contributed by atoms with E-state index in [-0.39, 0.29) is 5.82 Å². The van der Waals surface area contributed by atoms with Crippen molar-refractivity contribution < 1.29 is 9.13 Å². The van der Waals surface area contributed by atoms with Gasteiger partial charge in [-0.05, 0) is 47.2 Å². The van der Waals surface area contributed by atoms with Gasteiger partial charge in [0, 0.05) is 22.4 Å². The van der Waals surface area contributed by atoms with Gasteiger partial charge in [-0.3, -0.25) is 0 Å². The van der Waals surface area contributed by atoms with Crippen LogP contribution >= 0.6 is 22.6 Å². The minimum Gasteiger partial charge on any atom is -0.382 e. The van der Waals surface area contributed by atoms with E-state index in [0.29, 0.717) is 6.61 Å². The van der Waals surface area contributed by atoms with Crippen LogP contribution in [0.5, 0.6) is 0 Å². The second-order valence-corrected chi connectivity index (χ2v) is 4.33. The van der Waals surface area contributed by atoms with Crippen LogP contribution in [-0.2, 0) is 4.74 Å². The molecule has 0 atom stereocenters. The summed E-state index contributed by atoms with van der Waals surface area (Å²) in [5.41, 5.74) is 0.956. The Morgan fingerprint density at radius 1 is 1.40 bits per heavy atom. The van der Waals surface area contributed by atoms with Crippen LogP contribution in [-0.4, -0.2) is 19.8 Å². The molecule has 0 spiro atoms.